The van der Waals surface area contributed by atoms with E-state index in [1.54, 1.807) is 12.1 Å². The fourth-order valence-corrected chi connectivity index (χ4v) is 2.82. The van der Waals surface area contributed by atoms with Crippen LogP contribution in [0.2, 0.25) is 5.15 Å². The van der Waals surface area contributed by atoms with Crippen molar-refractivity contribution in [2.75, 3.05) is 23.3 Å². The van der Waals surface area contributed by atoms with E-state index in [0.29, 0.717) is 17.5 Å². The molecule has 6 nitrogen and oxygen atoms in total. The molecule has 120 valence electrons. The number of hydrogen-bond donors (Lipinski definition) is 1. The molecule has 7 heteroatoms. The van der Waals surface area contributed by atoms with Crippen LogP contribution in [0.25, 0.3) is 0 Å². The first-order chi connectivity index (χ1) is 11.1. The van der Waals surface area contributed by atoms with Gasteiger partial charge < -0.3 is 10.2 Å². The van der Waals surface area contributed by atoms with Crippen molar-refractivity contribution < 1.29 is 4.79 Å². The number of aromatic nitrogens is 3. The van der Waals surface area contributed by atoms with Crippen molar-refractivity contribution >= 4 is 29.1 Å². The SMILES string of the molecule is Cc1cccc(NC(=O)[C@@H]2CCCN(c3ccc(Cl)nn3)C2)n1. The maximum atomic E-state index is 12.5. The summed E-state index contributed by atoms with van der Waals surface area (Å²) in [4.78, 5) is 18.9. The van der Waals surface area contributed by atoms with E-state index in [-0.39, 0.29) is 11.8 Å². The minimum Gasteiger partial charge on any atom is -0.354 e. The Labute approximate surface area is 139 Å². The van der Waals surface area contributed by atoms with Crippen LogP contribution in [0.1, 0.15) is 18.5 Å². The van der Waals surface area contributed by atoms with Crippen molar-refractivity contribution in [2.24, 2.45) is 5.92 Å². The largest absolute Gasteiger partial charge is 0.354 e. The van der Waals surface area contributed by atoms with Gasteiger partial charge in [0.25, 0.3) is 0 Å². The Morgan fingerprint density at radius 3 is 2.91 bits per heavy atom. The first kappa shape index (κ1) is 15.7. The molecule has 0 radical (unpaired) electrons. The molecular weight excluding hydrogens is 314 g/mol. The smallest absolute Gasteiger partial charge is 0.230 e. The number of piperidine rings is 1. The third-order valence-corrected chi connectivity index (χ3v) is 4.08. The highest BCUT2D eigenvalue weighted by atomic mass is 35.5. The Kier molecular flexibility index (Phi) is 4.71. The lowest BCUT2D eigenvalue weighted by atomic mass is 9.97. The molecule has 1 fully saturated rings. The van der Waals surface area contributed by atoms with Gasteiger partial charge in [0.05, 0.1) is 5.92 Å². The van der Waals surface area contributed by atoms with Gasteiger partial charge in [-0.1, -0.05) is 17.7 Å². The Morgan fingerprint density at radius 1 is 1.30 bits per heavy atom. The lowest BCUT2D eigenvalue weighted by Gasteiger charge is -2.32. The first-order valence-corrected chi connectivity index (χ1v) is 7.98. The van der Waals surface area contributed by atoms with Crippen LogP contribution in [0.4, 0.5) is 11.6 Å². The third kappa shape index (κ3) is 3.96. The first-order valence-electron chi connectivity index (χ1n) is 7.60. The predicted octanol–water partition coefficient (Wildman–Crippen LogP) is 2.69. The van der Waals surface area contributed by atoms with E-state index in [4.69, 9.17) is 11.6 Å². The molecule has 2 aromatic heterocycles. The summed E-state index contributed by atoms with van der Waals surface area (Å²) in [6, 6.07) is 9.13. The standard InChI is InChI=1S/C16H18ClN5O/c1-11-4-2-6-14(18-11)19-16(23)12-5-3-9-22(10-12)15-8-7-13(17)20-21-15/h2,4,6-8,12H,3,5,9-10H2,1H3,(H,18,19,23)/t12-/m1/s1. The van der Waals surface area contributed by atoms with Gasteiger partial charge >= 0.3 is 0 Å². The third-order valence-electron chi connectivity index (χ3n) is 3.87. The van der Waals surface area contributed by atoms with E-state index >= 15 is 0 Å². The molecule has 1 atom stereocenters. The number of carbonyl (C=O) groups excluding carboxylic acids is 1. The number of nitrogens with zero attached hydrogens (tertiary/aromatic N) is 4. The second kappa shape index (κ2) is 6.91. The molecule has 0 aromatic carbocycles. The molecule has 0 spiro atoms. The van der Waals surface area contributed by atoms with Crippen molar-refractivity contribution in [1.29, 1.82) is 0 Å². The van der Waals surface area contributed by atoms with Crippen molar-refractivity contribution in [3.8, 4) is 0 Å². The predicted molar refractivity (Wildman–Crippen MR) is 89.6 cm³/mol. The summed E-state index contributed by atoms with van der Waals surface area (Å²) in [7, 11) is 0. The fourth-order valence-electron chi connectivity index (χ4n) is 2.72. The molecule has 1 aliphatic rings. The lowest BCUT2D eigenvalue weighted by molar-refractivity contribution is -0.120. The van der Waals surface area contributed by atoms with Gasteiger partial charge in [-0.3, -0.25) is 4.79 Å². The minimum atomic E-state index is -0.0939. The van der Waals surface area contributed by atoms with Crippen molar-refractivity contribution in [3.63, 3.8) is 0 Å². The zero-order chi connectivity index (χ0) is 16.2. The van der Waals surface area contributed by atoms with Gasteiger partial charge in [0, 0.05) is 18.8 Å². The fraction of sp³-hybridized carbons (Fsp3) is 0.375. The molecular formula is C16H18ClN5O. The van der Waals surface area contributed by atoms with Gasteiger partial charge in [0.1, 0.15) is 5.82 Å². The number of carbonyl (C=O) groups is 1. The highest BCUT2D eigenvalue weighted by Gasteiger charge is 2.27. The second-order valence-corrected chi connectivity index (χ2v) is 6.04. The van der Waals surface area contributed by atoms with Crippen LogP contribution in [0, 0.1) is 12.8 Å². The molecule has 3 heterocycles. The molecule has 0 bridgehead atoms. The number of aryl methyl sites for hydroxylation is 1. The topological polar surface area (TPSA) is 71.0 Å². The normalized spacial score (nSPS) is 17.8. The molecule has 1 saturated heterocycles. The van der Waals surface area contributed by atoms with Gasteiger partial charge in [0.2, 0.25) is 5.91 Å². The molecule has 0 saturated carbocycles. The zero-order valence-corrected chi connectivity index (χ0v) is 13.6. The number of anilines is 2. The highest BCUT2D eigenvalue weighted by Crippen LogP contribution is 2.22. The monoisotopic (exact) mass is 331 g/mol. The van der Waals surface area contributed by atoms with E-state index in [1.807, 2.05) is 25.1 Å². The lowest BCUT2D eigenvalue weighted by Crippen LogP contribution is -2.41. The van der Waals surface area contributed by atoms with Gasteiger partial charge in [-0.2, -0.15) is 0 Å². The molecule has 1 aliphatic heterocycles. The molecule has 1 amide bonds. The van der Waals surface area contributed by atoms with Crippen molar-refractivity contribution in [2.45, 2.75) is 19.8 Å². The average Bonchev–Trinajstić information content (AvgIpc) is 2.56. The van der Waals surface area contributed by atoms with Crippen molar-refractivity contribution in [3.05, 3.63) is 41.2 Å². The number of pyridine rings is 1. The quantitative estimate of drug-likeness (QED) is 0.936. The average molecular weight is 332 g/mol. The number of amides is 1. The Hall–Kier alpha value is -2.21. The maximum Gasteiger partial charge on any atom is 0.230 e. The molecule has 2 aromatic rings. The molecule has 23 heavy (non-hydrogen) atoms. The summed E-state index contributed by atoms with van der Waals surface area (Å²) in [5.41, 5.74) is 0.879. The summed E-state index contributed by atoms with van der Waals surface area (Å²) in [5.74, 6) is 1.25. The van der Waals surface area contributed by atoms with E-state index in [0.717, 1.165) is 30.9 Å². The number of hydrogen-bond acceptors (Lipinski definition) is 5. The number of halogens is 1. The Morgan fingerprint density at radius 2 is 2.17 bits per heavy atom. The molecule has 0 unspecified atom stereocenters. The van der Waals surface area contributed by atoms with Gasteiger partial charge in [-0.25, -0.2) is 4.98 Å². The van der Waals surface area contributed by atoms with Crippen LogP contribution in [-0.2, 0) is 4.79 Å². The van der Waals surface area contributed by atoms with Gasteiger partial charge in [0.15, 0.2) is 11.0 Å². The summed E-state index contributed by atoms with van der Waals surface area (Å²) in [6.45, 7) is 3.38. The molecule has 0 aliphatic carbocycles. The molecule has 1 N–H and O–H groups in total. The minimum absolute atomic E-state index is 0.00489. The van der Waals surface area contributed by atoms with Crippen LogP contribution < -0.4 is 10.2 Å². The van der Waals surface area contributed by atoms with Crippen LogP contribution in [-0.4, -0.2) is 34.2 Å². The summed E-state index contributed by atoms with van der Waals surface area (Å²) in [6.07, 6.45) is 1.79. The van der Waals surface area contributed by atoms with Crippen LogP contribution in [0.5, 0.6) is 0 Å². The van der Waals surface area contributed by atoms with Crippen LogP contribution in [0.3, 0.4) is 0 Å². The highest BCUT2D eigenvalue weighted by molar-refractivity contribution is 6.29. The Balaban J connectivity index is 1.65. The molecule has 3 rings (SSSR count). The van der Waals surface area contributed by atoms with E-state index in [9.17, 15) is 4.79 Å². The summed E-state index contributed by atoms with van der Waals surface area (Å²) < 4.78 is 0. The van der Waals surface area contributed by atoms with E-state index in [1.165, 1.54) is 0 Å². The number of rotatable bonds is 3. The van der Waals surface area contributed by atoms with Gasteiger partial charge in [-0.05, 0) is 44.0 Å². The zero-order valence-electron chi connectivity index (χ0n) is 12.9. The van der Waals surface area contributed by atoms with Crippen LogP contribution >= 0.6 is 11.6 Å². The summed E-state index contributed by atoms with van der Waals surface area (Å²) in [5, 5.41) is 11.2. The van der Waals surface area contributed by atoms with E-state index in [2.05, 4.69) is 25.4 Å². The van der Waals surface area contributed by atoms with Crippen LogP contribution in [0.15, 0.2) is 30.3 Å². The maximum absolute atomic E-state index is 12.5. The van der Waals surface area contributed by atoms with E-state index < -0.39 is 0 Å². The number of nitrogens with one attached hydrogen (secondary N) is 1. The second-order valence-electron chi connectivity index (χ2n) is 5.65. The van der Waals surface area contributed by atoms with Crippen molar-refractivity contribution in [1.82, 2.24) is 15.2 Å². The van der Waals surface area contributed by atoms with Gasteiger partial charge in [-0.15, -0.1) is 10.2 Å². The summed E-state index contributed by atoms with van der Waals surface area (Å²) >= 11 is 5.77. The Bertz CT molecular complexity index is 691.